The molecular weight excluding hydrogens is 438 g/mol. The van der Waals surface area contributed by atoms with Crippen molar-refractivity contribution >= 4 is 37.8 Å². The van der Waals surface area contributed by atoms with Crippen LogP contribution in [0.1, 0.15) is 13.3 Å². The number of rotatable bonds is 9. The van der Waals surface area contributed by atoms with Gasteiger partial charge in [0.1, 0.15) is 12.3 Å². The highest BCUT2D eigenvalue weighted by Crippen LogP contribution is 2.33. The van der Waals surface area contributed by atoms with Crippen LogP contribution in [-0.2, 0) is 14.3 Å². The summed E-state index contributed by atoms with van der Waals surface area (Å²) in [5.74, 6) is 0.253. The Morgan fingerprint density at radius 2 is 2.12 bits per heavy atom. The maximum Gasteiger partial charge on any atom is 0.416 e. The van der Waals surface area contributed by atoms with E-state index in [1.807, 2.05) is 0 Å². The van der Waals surface area contributed by atoms with E-state index in [1.54, 1.807) is 6.92 Å². The van der Waals surface area contributed by atoms with Crippen molar-refractivity contribution in [1.29, 1.82) is 0 Å². The summed E-state index contributed by atoms with van der Waals surface area (Å²) in [6.07, 6.45) is -0.106. The van der Waals surface area contributed by atoms with Gasteiger partial charge in [-0.1, -0.05) is 19.6 Å². The topological polar surface area (TPSA) is 143 Å². The Labute approximate surface area is 186 Å². The molecule has 0 spiro atoms. The molecule has 0 bridgehead atoms. The van der Waals surface area contributed by atoms with E-state index in [0.29, 0.717) is 13.0 Å². The van der Waals surface area contributed by atoms with Crippen molar-refractivity contribution in [2.75, 3.05) is 42.8 Å². The first-order valence-electron chi connectivity index (χ1n) is 10.3. The third-order valence-corrected chi connectivity index (χ3v) is 6.77. The second-order valence-corrected chi connectivity index (χ2v) is 14.8. The van der Waals surface area contributed by atoms with Gasteiger partial charge in [0.2, 0.25) is 5.82 Å². The third kappa shape index (κ3) is 5.85. The Balaban J connectivity index is 1.72. The summed E-state index contributed by atoms with van der Waals surface area (Å²) in [5.41, 5.74) is -0.900. The molecule has 1 aromatic heterocycles. The normalized spacial score (nSPS) is 20.6. The van der Waals surface area contributed by atoms with Crippen LogP contribution in [0.2, 0.25) is 25.7 Å². The lowest BCUT2D eigenvalue weighted by Crippen LogP contribution is -2.42. The highest BCUT2D eigenvalue weighted by atomic mass is 28.3. The molecule has 0 saturated carbocycles. The Hall–Kier alpha value is -2.93. The molecule has 2 aliphatic rings. The fraction of sp³-hybridized carbons (Fsp3) is 0.632. The molecule has 1 saturated heterocycles. The number of aromatic nitrogens is 2. The van der Waals surface area contributed by atoms with Crippen LogP contribution in [0.25, 0.3) is 0 Å². The highest BCUT2D eigenvalue weighted by Gasteiger charge is 2.43. The van der Waals surface area contributed by atoms with Crippen molar-refractivity contribution in [3.8, 4) is 5.88 Å². The van der Waals surface area contributed by atoms with Gasteiger partial charge in [0.05, 0.1) is 12.7 Å². The first-order valence-corrected chi connectivity index (χ1v) is 14.0. The number of hydrogen-bond donors (Lipinski definition) is 2. The summed E-state index contributed by atoms with van der Waals surface area (Å²) in [6, 6.07) is 0.957. The summed E-state index contributed by atoms with van der Waals surface area (Å²) < 4.78 is 16.5. The first-order chi connectivity index (χ1) is 15.0. The van der Waals surface area contributed by atoms with Gasteiger partial charge < -0.3 is 24.6 Å². The van der Waals surface area contributed by atoms with Gasteiger partial charge in [0, 0.05) is 27.6 Å². The van der Waals surface area contributed by atoms with Crippen LogP contribution in [0.5, 0.6) is 5.88 Å². The zero-order valence-electron chi connectivity index (χ0n) is 18.7. The molecule has 2 aliphatic heterocycles. The second-order valence-electron chi connectivity index (χ2n) is 9.20. The molecule has 3 rings (SSSR count). The molecular formula is C19H29N5O7Si. The molecule has 32 heavy (non-hydrogen) atoms. The first kappa shape index (κ1) is 23.7. The minimum absolute atomic E-state index is 0.0147. The van der Waals surface area contributed by atoms with Crippen molar-refractivity contribution in [3.63, 3.8) is 0 Å². The maximum atomic E-state index is 12.5. The minimum Gasteiger partial charge on any atom is -0.465 e. The largest absolute Gasteiger partial charge is 0.465 e. The number of fused-ring (bicyclic) bond motifs is 1. The van der Waals surface area contributed by atoms with Gasteiger partial charge >= 0.3 is 12.2 Å². The van der Waals surface area contributed by atoms with Crippen molar-refractivity contribution in [1.82, 2.24) is 15.3 Å². The lowest BCUT2D eigenvalue weighted by atomic mass is 10.0. The van der Waals surface area contributed by atoms with Gasteiger partial charge in [0.15, 0.2) is 12.4 Å². The van der Waals surface area contributed by atoms with Crippen LogP contribution in [0.3, 0.4) is 0 Å². The van der Waals surface area contributed by atoms with Crippen molar-refractivity contribution in [2.24, 2.45) is 0 Å². The quantitative estimate of drug-likeness (QED) is 0.411. The van der Waals surface area contributed by atoms with Crippen LogP contribution in [-0.4, -0.2) is 79.9 Å². The maximum absolute atomic E-state index is 12.5. The Morgan fingerprint density at radius 3 is 2.81 bits per heavy atom. The van der Waals surface area contributed by atoms with Crippen LogP contribution >= 0.6 is 0 Å². The minimum atomic E-state index is -1.27. The van der Waals surface area contributed by atoms with E-state index < -0.39 is 25.9 Å². The van der Waals surface area contributed by atoms with E-state index >= 15 is 0 Å². The lowest BCUT2D eigenvalue weighted by molar-refractivity contribution is -0.122. The zero-order chi connectivity index (χ0) is 23.5. The number of nitrogens with one attached hydrogen (secondary N) is 1. The molecule has 176 valence electrons. The van der Waals surface area contributed by atoms with Gasteiger partial charge in [-0.2, -0.15) is 0 Å². The van der Waals surface area contributed by atoms with Gasteiger partial charge in [-0.05, 0) is 13.0 Å². The van der Waals surface area contributed by atoms with Crippen molar-refractivity contribution in [3.05, 3.63) is 6.20 Å². The smallest absolute Gasteiger partial charge is 0.416 e. The summed E-state index contributed by atoms with van der Waals surface area (Å²) >= 11 is 0. The van der Waals surface area contributed by atoms with E-state index in [-0.39, 0.29) is 49.9 Å². The Kier molecular flexibility index (Phi) is 6.88. The number of carbonyl (C=O) groups is 3. The van der Waals surface area contributed by atoms with Crippen LogP contribution in [0.15, 0.2) is 6.20 Å². The van der Waals surface area contributed by atoms with Gasteiger partial charge in [-0.3, -0.25) is 14.6 Å². The van der Waals surface area contributed by atoms with Crippen LogP contribution in [0.4, 0.5) is 21.2 Å². The number of carboxylic acid groups (broad SMARTS) is 1. The van der Waals surface area contributed by atoms with E-state index in [9.17, 15) is 14.4 Å². The summed E-state index contributed by atoms with van der Waals surface area (Å²) in [5, 5.41) is 11.0. The van der Waals surface area contributed by atoms with E-state index in [4.69, 9.17) is 19.3 Å². The average molecular weight is 468 g/mol. The summed E-state index contributed by atoms with van der Waals surface area (Å²) in [7, 11) is -1.27. The summed E-state index contributed by atoms with van der Waals surface area (Å²) in [4.78, 5) is 46.9. The van der Waals surface area contributed by atoms with E-state index in [1.165, 1.54) is 16.0 Å². The van der Waals surface area contributed by atoms with Crippen molar-refractivity contribution in [2.45, 2.75) is 44.6 Å². The lowest BCUT2D eigenvalue weighted by Gasteiger charge is -2.28. The Morgan fingerprint density at radius 1 is 1.38 bits per heavy atom. The molecule has 1 aromatic rings. The highest BCUT2D eigenvalue weighted by molar-refractivity contribution is 6.76. The number of nitrogens with zero attached hydrogens (tertiary/aromatic N) is 4. The number of hydrogen-bond acceptors (Lipinski definition) is 8. The predicted molar refractivity (Wildman–Crippen MR) is 117 cm³/mol. The molecule has 13 heteroatoms. The number of anilines is 2. The molecule has 0 radical (unpaired) electrons. The predicted octanol–water partition coefficient (Wildman–Crippen LogP) is 1.89. The number of amides is 3. The number of cyclic esters (lactones) is 1. The molecule has 1 unspecified atom stereocenters. The Bertz CT molecular complexity index is 893. The van der Waals surface area contributed by atoms with Gasteiger partial charge in [-0.25, -0.2) is 19.6 Å². The molecule has 1 atom stereocenters. The average Bonchev–Trinajstić information content (AvgIpc) is 2.99. The number of ether oxygens (including phenoxy) is 3. The van der Waals surface area contributed by atoms with Crippen LogP contribution < -0.4 is 19.9 Å². The third-order valence-electron chi connectivity index (χ3n) is 5.07. The monoisotopic (exact) mass is 467 g/mol. The molecule has 0 aliphatic carbocycles. The van der Waals surface area contributed by atoms with Gasteiger partial charge in [0.25, 0.3) is 11.8 Å². The van der Waals surface area contributed by atoms with Gasteiger partial charge in [-0.15, -0.1) is 0 Å². The molecule has 3 heterocycles. The fourth-order valence-electron chi connectivity index (χ4n) is 3.20. The molecule has 0 aromatic carbocycles. The van der Waals surface area contributed by atoms with Crippen LogP contribution in [0, 0.1) is 0 Å². The van der Waals surface area contributed by atoms with Crippen molar-refractivity contribution < 1.29 is 33.7 Å². The SMILES string of the molecule is CC1(CCNC(=O)O)CN(c2cnc3c(n2)N(COCC[Si](C)(C)C)C(=O)CO3)C(=O)O1. The molecule has 12 nitrogen and oxygen atoms in total. The number of carbonyl (C=O) groups excluding carboxylic acids is 2. The van der Waals surface area contributed by atoms with E-state index in [0.717, 1.165) is 6.04 Å². The molecule has 3 amide bonds. The molecule has 2 N–H and O–H groups in total. The standard InChI is InChI=1S/C19H29N5O7Si/c1-19(5-6-20-17(26)27)11-23(18(28)31-19)13-9-21-16-15(22-13)24(14(25)10-30-16)12-29-7-8-32(2,3)4/h9,20H,5-8,10-12H2,1-4H3,(H,26,27). The second kappa shape index (κ2) is 9.28. The fourth-order valence-corrected chi connectivity index (χ4v) is 3.95. The molecule has 1 fully saturated rings. The van der Waals surface area contributed by atoms with E-state index in [2.05, 4.69) is 34.9 Å². The zero-order valence-corrected chi connectivity index (χ0v) is 19.7. The summed E-state index contributed by atoms with van der Waals surface area (Å²) in [6.45, 7) is 9.10.